The minimum Gasteiger partial charge on any atom is -0.488 e. The molecule has 5 heteroatoms. The summed E-state index contributed by atoms with van der Waals surface area (Å²) in [5, 5.41) is 0. The Labute approximate surface area is 173 Å². The maximum atomic E-state index is 12.8. The summed E-state index contributed by atoms with van der Waals surface area (Å²) in [5.74, 6) is 1.52. The first kappa shape index (κ1) is 19.5. The largest absolute Gasteiger partial charge is 0.488 e. The molecule has 3 heterocycles. The van der Waals surface area contributed by atoms with Gasteiger partial charge in [0.15, 0.2) is 11.6 Å². The third kappa shape index (κ3) is 4.14. The molecule has 2 aromatic rings. The molecule has 1 saturated heterocycles. The third-order valence-corrected chi connectivity index (χ3v) is 5.66. The average molecular weight is 392 g/mol. The van der Waals surface area contributed by atoms with Crippen LogP contribution < -0.4 is 9.64 Å². The summed E-state index contributed by atoms with van der Waals surface area (Å²) < 4.78 is 5.88. The van der Waals surface area contributed by atoms with E-state index >= 15 is 0 Å². The van der Waals surface area contributed by atoms with Gasteiger partial charge in [0, 0.05) is 25.0 Å². The molecular weight excluding hydrogens is 362 g/mol. The lowest BCUT2D eigenvalue weighted by atomic mass is 10.1. The van der Waals surface area contributed by atoms with Crippen molar-refractivity contribution in [3.05, 3.63) is 53.2 Å². The van der Waals surface area contributed by atoms with Crippen LogP contribution in [0.2, 0.25) is 0 Å². The molecule has 0 spiro atoms. The van der Waals surface area contributed by atoms with Crippen molar-refractivity contribution in [2.75, 3.05) is 31.1 Å². The molecule has 1 fully saturated rings. The second kappa shape index (κ2) is 8.68. The lowest BCUT2D eigenvalue weighted by molar-refractivity contribution is 0.0723. The van der Waals surface area contributed by atoms with Gasteiger partial charge in [0.05, 0.1) is 12.1 Å². The standard InChI is InChI=1S/C24H29N3O2/c1-3-4-8-19-15-21(10-9-18(19)2)27-13-14-29-22-16-20(17-25-23(22)27)24(28)26-11-6-5-7-12-26/h4,8-10,15-17H,3,5-7,11-14H2,1-2H3/b8-4-. The van der Waals surface area contributed by atoms with Crippen molar-refractivity contribution < 1.29 is 9.53 Å². The average Bonchev–Trinajstić information content (AvgIpc) is 2.78. The zero-order valence-corrected chi connectivity index (χ0v) is 17.4. The Hall–Kier alpha value is -2.82. The van der Waals surface area contributed by atoms with Crippen molar-refractivity contribution in [2.24, 2.45) is 0 Å². The molecule has 0 N–H and O–H groups in total. The van der Waals surface area contributed by atoms with Crippen LogP contribution in [0.3, 0.4) is 0 Å². The summed E-state index contributed by atoms with van der Waals surface area (Å²) in [7, 11) is 0. The fourth-order valence-electron chi connectivity index (χ4n) is 3.97. The number of hydrogen-bond donors (Lipinski definition) is 0. The Morgan fingerprint density at radius 1 is 1.17 bits per heavy atom. The fraction of sp³-hybridized carbons (Fsp3) is 0.417. The predicted octanol–water partition coefficient (Wildman–Crippen LogP) is 4.97. The Kier molecular flexibility index (Phi) is 5.84. The summed E-state index contributed by atoms with van der Waals surface area (Å²) in [6.45, 7) is 7.24. The number of aromatic nitrogens is 1. The molecule has 4 rings (SSSR count). The van der Waals surface area contributed by atoms with Gasteiger partial charge >= 0.3 is 0 Å². The molecule has 2 aliphatic heterocycles. The highest BCUT2D eigenvalue weighted by molar-refractivity contribution is 5.95. The van der Waals surface area contributed by atoms with Gasteiger partial charge in [0.1, 0.15) is 6.61 Å². The first-order valence-electron chi connectivity index (χ1n) is 10.6. The van der Waals surface area contributed by atoms with Crippen LogP contribution >= 0.6 is 0 Å². The number of aryl methyl sites for hydroxylation is 1. The zero-order chi connectivity index (χ0) is 20.2. The molecular formula is C24H29N3O2. The van der Waals surface area contributed by atoms with E-state index in [2.05, 4.69) is 54.1 Å². The maximum absolute atomic E-state index is 12.8. The second-order valence-electron chi connectivity index (χ2n) is 7.75. The molecule has 152 valence electrons. The first-order valence-corrected chi connectivity index (χ1v) is 10.6. The van der Waals surface area contributed by atoms with E-state index in [-0.39, 0.29) is 5.91 Å². The Bertz CT molecular complexity index is 916. The quantitative estimate of drug-likeness (QED) is 0.738. The second-order valence-corrected chi connectivity index (χ2v) is 7.75. The van der Waals surface area contributed by atoms with Gasteiger partial charge in [-0.15, -0.1) is 0 Å². The number of carbonyl (C=O) groups is 1. The highest BCUT2D eigenvalue weighted by Crippen LogP contribution is 2.36. The molecule has 0 atom stereocenters. The number of ether oxygens (including phenoxy) is 1. The molecule has 0 radical (unpaired) electrons. The Morgan fingerprint density at radius 3 is 2.79 bits per heavy atom. The smallest absolute Gasteiger partial charge is 0.255 e. The van der Waals surface area contributed by atoms with Crippen molar-refractivity contribution in [1.29, 1.82) is 0 Å². The van der Waals surface area contributed by atoms with Crippen LogP contribution in [0, 0.1) is 6.92 Å². The Morgan fingerprint density at radius 2 is 2.00 bits per heavy atom. The van der Waals surface area contributed by atoms with E-state index in [1.165, 1.54) is 17.5 Å². The number of rotatable bonds is 4. The number of pyridine rings is 1. The molecule has 0 unspecified atom stereocenters. The number of benzene rings is 1. The van der Waals surface area contributed by atoms with E-state index in [1.807, 2.05) is 11.0 Å². The molecule has 0 bridgehead atoms. The zero-order valence-electron chi connectivity index (χ0n) is 17.4. The molecule has 1 amide bonds. The van der Waals surface area contributed by atoms with Crippen LogP contribution in [0.25, 0.3) is 6.08 Å². The van der Waals surface area contributed by atoms with E-state index in [0.717, 1.165) is 50.4 Å². The van der Waals surface area contributed by atoms with Crippen molar-refractivity contribution in [3.63, 3.8) is 0 Å². The summed E-state index contributed by atoms with van der Waals surface area (Å²) >= 11 is 0. The summed E-state index contributed by atoms with van der Waals surface area (Å²) in [6.07, 6.45) is 10.4. The molecule has 1 aromatic heterocycles. The van der Waals surface area contributed by atoms with Gasteiger partial charge in [-0.2, -0.15) is 0 Å². The van der Waals surface area contributed by atoms with Gasteiger partial charge in [0.25, 0.3) is 5.91 Å². The van der Waals surface area contributed by atoms with E-state index < -0.39 is 0 Å². The normalized spacial score (nSPS) is 16.6. The van der Waals surface area contributed by atoms with Gasteiger partial charge in [-0.1, -0.05) is 25.1 Å². The van der Waals surface area contributed by atoms with Crippen molar-refractivity contribution >= 4 is 23.5 Å². The number of anilines is 2. The fourth-order valence-corrected chi connectivity index (χ4v) is 3.97. The van der Waals surface area contributed by atoms with E-state index in [9.17, 15) is 4.79 Å². The van der Waals surface area contributed by atoms with E-state index in [1.54, 1.807) is 6.20 Å². The number of likely N-dealkylation sites (tertiary alicyclic amines) is 1. The van der Waals surface area contributed by atoms with Crippen LogP contribution in [-0.4, -0.2) is 42.0 Å². The molecule has 29 heavy (non-hydrogen) atoms. The number of hydrogen-bond acceptors (Lipinski definition) is 4. The summed E-state index contributed by atoms with van der Waals surface area (Å²) in [5.41, 5.74) is 4.18. The van der Waals surface area contributed by atoms with E-state index in [4.69, 9.17) is 4.74 Å². The van der Waals surface area contributed by atoms with Crippen LogP contribution in [0.4, 0.5) is 11.5 Å². The van der Waals surface area contributed by atoms with Crippen LogP contribution in [0.15, 0.2) is 36.5 Å². The number of nitrogens with zero attached hydrogens (tertiary/aromatic N) is 3. The highest BCUT2D eigenvalue weighted by atomic mass is 16.5. The van der Waals surface area contributed by atoms with Gasteiger partial charge in [-0.05, 0) is 61.9 Å². The highest BCUT2D eigenvalue weighted by Gasteiger charge is 2.25. The number of fused-ring (bicyclic) bond motifs is 1. The van der Waals surface area contributed by atoms with Crippen LogP contribution in [0.1, 0.15) is 54.1 Å². The lowest BCUT2D eigenvalue weighted by Gasteiger charge is -2.31. The molecule has 2 aliphatic rings. The van der Waals surface area contributed by atoms with Gasteiger partial charge in [-0.3, -0.25) is 4.79 Å². The minimum atomic E-state index is 0.0584. The Balaban J connectivity index is 1.62. The van der Waals surface area contributed by atoms with Crippen molar-refractivity contribution in [3.8, 4) is 5.75 Å². The summed E-state index contributed by atoms with van der Waals surface area (Å²) in [4.78, 5) is 21.6. The molecule has 0 saturated carbocycles. The van der Waals surface area contributed by atoms with Crippen molar-refractivity contribution in [1.82, 2.24) is 9.88 Å². The minimum absolute atomic E-state index is 0.0584. The number of amides is 1. The monoisotopic (exact) mass is 391 g/mol. The van der Waals surface area contributed by atoms with Crippen LogP contribution in [-0.2, 0) is 0 Å². The molecule has 1 aromatic carbocycles. The number of piperidine rings is 1. The van der Waals surface area contributed by atoms with Crippen molar-refractivity contribution in [2.45, 2.75) is 39.5 Å². The number of allylic oxidation sites excluding steroid dienone is 1. The third-order valence-electron chi connectivity index (χ3n) is 5.66. The SMILES string of the molecule is CC/C=C\c1cc(N2CCOc3cc(C(=O)N4CCCCC4)cnc32)ccc1C. The van der Waals surface area contributed by atoms with Gasteiger partial charge in [-0.25, -0.2) is 4.98 Å². The molecule has 0 aliphatic carbocycles. The predicted molar refractivity (Wildman–Crippen MR) is 117 cm³/mol. The molecule has 5 nitrogen and oxygen atoms in total. The van der Waals surface area contributed by atoms with Crippen LogP contribution in [0.5, 0.6) is 5.75 Å². The maximum Gasteiger partial charge on any atom is 0.255 e. The topological polar surface area (TPSA) is 45.7 Å². The first-order chi connectivity index (χ1) is 14.2. The summed E-state index contributed by atoms with van der Waals surface area (Å²) in [6, 6.07) is 8.33. The van der Waals surface area contributed by atoms with Gasteiger partial charge < -0.3 is 14.5 Å². The lowest BCUT2D eigenvalue weighted by Crippen LogP contribution is -2.36. The van der Waals surface area contributed by atoms with Gasteiger partial charge in [0.2, 0.25) is 0 Å². The van der Waals surface area contributed by atoms with E-state index in [0.29, 0.717) is 17.9 Å². The number of carbonyl (C=O) groups excluding carboxylic acids is 1.